The zero-order valence-electron chi connectivity index (χ0n) is 21.6. The fourth-order valence-corrected chi connectivity index (χ4v) is 9.85. The van der Waals surface area contributed by atoms with E-state index in [1.54, 1.807) is 0 Å². The summed E-state index contributed by atoms with van der Waals surface area (Å²) in [6.45, 7) is 10.5. The molecule has 1 aliphatic rings. The van der Waals surface area contributed by atoms with Gasteiger partial charge in [-0.15, -0.1) is 11.6 Å². The molecule has 0 unspecified atom stereocenters. The number of rotatable bonds is 7. The Morgan fingerprint density at radius 1 is 0.971 bits per heavy atom. The van der Waals surface area contributed by atoms with Crippen LogP contribution < -0.4 is 10.4 Å². The van der Waals surface area contributed by atoms with Gasteiger partial charge in [0.2, 0.25) is 0 Å². The molecule has 0 N–H and O–H groups in total. The molecule has 0 saturated carbocycles. The highest BCUT2D eigenvalue weighted by molar-refractivity contribution is 6.99. The first kappa shape index (κ1) is 27.7. The molecule has 1 heterocycles. The first-order valence-electron chi connectivity index (χ1n) is 12.6. The van der Waals surface area contributed by atoms with Gasteiger partial charge in [0.05, 0.1) is 17.6 Å². The molecule has 0 radical (unpaired) electrons. The van der Waals surface area contributed by atoms with Crippen LogP contribution in [-0.4, -0.2) is 44.6 Å². The lowest BCUT2D eigenvalue weighted by molar-refractivity contribution is -0.149. The van der Waals surface area contributed by atoms with Crippen LogP contribution in [0.2, 0.25) is 5.04 Å². The predicted molar refractivity (Wildman–Crippen MR) is 146 cm³/mol. The number of hydrogen-bond donors (Lipinski definition) is 0. The Hall–Kier alpha value is -1.92. The monoisotopic (exact) mass is 514 g/mol. The number of esters is 1. The topological polar surface area (TPSA) is 44.8 Å². The Labute approximate surface area is 216 Å². The van der Waals surface area contributed by atoms with Crippen LogP contribution in [0, 0.1) is 0 Å². The molecule has 0 aromatic heterocycles. The van der Waals surface area contributed by atoms with Gasteiger partial charge in [0.15, 0.2) is 0 Å². The van der Waals surface area contributed by atoms with Crippen molar-refractivity contribution in [1.29, 1.82) is 0 Å². The quantitative estimate of drug-likeness (QED) is 0.208. The Morgan fingerprint density at radius 3 is 2.00 bits per heavy atom. The lowest BCUT2D eigenvalue weighted by Crippen LogP contribution is -2.68. The van der Waals surface area contributed by atoms with Crippen molar-refractivity contribution < 1.29 is 18.7 Å². The maximum absolute atomic E-state index is 11.5. The summed E-state index contributed by atoms with van der Waals surface area (Å²) in [7, 11) is -2.76. The summed E-state index contributed by atoms with van der Waals surface area (Å²) in [5, 5.41) is 2.06. The van der Waals surface area contributed by atoms with E-state index in [1.807, 2.05) is 0 Å². The summed E-state index contributed by atoms with van der Waals surface area (Å²) in [6, 6.07) is 21.3. The van der Waals surface area contributed by atoms with Gasteiger partial charge in [-0.1, -0.05) is 101 Å². The molecule has 0 bridgehead atoms. The molecule has 4 atom stereocenters. The van der Waals surface area contributed by atoms with E-state index in [4.69, 9.17) is 25.5 Å². The lowest BCUT2D eigenvalue weighted by atomic mass is 10.1. The highest BCUT2D eigenvalue weighted by atomic mass is 35.5. The summed E-state index contributed by atoms with van der Waals surface area (Å²) in [4.78, 5) is 11.5. The third-order valence-corrected chi connectivity index (χ3v) is 12.2. The Kier molecular flexibility index (Phi) is 9.76. The number of ether oxygens (including phenoxy) is 2. The molecular weight excluding hydrogens is 476 g/mol. The Balaban J connectivity index is 2.07. The Morgan fingerprint density at radius 2 is 1.51 bits per heavy atom. The van der Waals surface area contributed by atoms with E-state index in [0.717, 1.165) is 12.8 Å². The van der Waals surface area contributed by atoms with Gasteiger partial charge in [0.25, 0.3) is 8.32 Å². The van der Waals surface area contributed by atoms with E-state index in [-0.39, 0.29) is 35.2 Å². The molecule has 0 saturated heterocycles. The average Bonchev–Trinajstić information content (AvgIpc) is 2.90. The van der Waals surface area contributed by atoms with E-state index in [2.05, 4.69) is 101 Å². The van der Waals surface area contributed by atoms with Gasteiger partial charge < -0.3 is 13.9 Å². The minimum Gasteiger partial charge on any atom is -0.463 e. The van der Waals surface area contributed by atoms with Gasteiger partial charge in [0.1, 0.15) is 12.7 Å². The molecule has 0 amide bonds. The molecule has 0 fully saturated rings. The SMILES string of the molecule is CC[C@@H]1O[C@H](COC(C)=O)[C@@H](Cl)C/C=C\C[C@H]1O[Si](c1ccccc1)(c1ccccc1)C(C)(C)C. The zero-order valence-corrected chi connectivity index (χ0v) is 23.3. The standard InChI is InChI=1S/C29H39ClO4Si/c1-6-26-27(20-14-13-19-25(30)28(33-26)21-32-22(2)31)34-35(29(3,4)5,23-15-9-7-10-16-23)24-17-11-8-12-18-24/h7-18,25-28H,6,19-21H2,1-5H3/b14-13-/t25-,26-,27+,28+/m0/s1. The zero-order chi connectivity index (χ0) is 25.5. The van der Waals surface area contributed by atoms with Crippen molar-refractivity contribution in [1.82, 2.24) is 0 Å². The maximum atomic E-state index is 11.5. The highest BCUT2D eigenvalue weighted by Gasteiger charge is 2.52. The second-order valence-electron chi connectivity index (χ2n) is 10.2. The summed E-state index contributed by atoms with van der Waals surface area (Å²) in [5.74, 6) is -0.332. The normalized spacial score (nSPS) is 24.6. The third kappa shape index (κ3) is 6.65. The van der Waals surface area contributed by atoms with Crippen molar-refractivity contribution in [3.8, 4) is 0 Å². The van der Waals surface area contributed by atoms with Crippen molar-refractivity contribution in [3.05, 3.63) is 72.8 Å². The number of carbonyl (C=O) groups is 1. The molecule has 0 aliphatic carbocycles. The van der Waals surface area contributed by atoms with E-state index in [1.165, 1.54) is 17.3 Å². The molecule has 3 rings (SSSR count). The molecular formula is C29H39ClO4Si. The highest BCUT2D eigenvalue weighted by Crippen LogP contribution is 2.39. The van der Waals surface area contributed by atoms with Crippen LogP contribution in [0.3, 0.4) is 0 Å². The fourth-order valence-electron chi connectivity index (χ4n) is 4.90. The number of carbonyl (C=O) groups excluding carboxylic acids is 1. The first-order valence-corrected chi connectivity index (χ1v) is 14.9. The van der Waals surface area contributed by atoms with Gasteiger partial charge in [-0.2, -0.15) is 0 Å². The molecule has 35 heavy (non-hydrogen) atoms. The van der Waals surface area contributed by atoms with Gasteiger partial charge in [0, 0.05) is 6.92 Å². The molecule has 2 aromatic carbocycles. The van der Waals surface area contributed by atoms with Crippen LogP contribution >= 0.6 is 11.6 Å². The van der Waals surface area contributed by atoms with Crippen LogP contribution in [0.5, 0.6) is 0 Å². The van der Waals surface area contributed by atoms with Crippen molar-refractivity contribution in [3.63, 3.8) is 0 Å². The van der Waals surface area contributed by atoms with Crippen LogP contribution in [0.25, 0.3) is 0 Å². The number of allylic oxidation sites excluding steroid dienone is 1. The maximum Gasteiger partial charge on any atom is 0.302 e. The van der Waals surface area contributed by atoms with Crippen molar-refractivity contribution in [2.45, 2.75) is 82.6 Å². The van der Waals surface area contributed by atoms with Gasteiger partial charge in [-0.3, -0.25) is 4.79 Å². The summed E-state index contributed by atoms with van der Waals surface area (Å²) >= 11 is 6.68. The molecule has 4 nitrogen and oxygen atoms in total. The van der Waals surface area contributed by atoms with Crippen LogP contribution in [0.15, 0.2) is 72.8 Å². The summed E-state index contributed by atoms with van der Waals surface area (Å²) < 4.78 is 19.3. The van der Waals surface area contributed by atoms with Crippen molar-refractivity contribution >= 4 is 36.3 Å². The molecule has 2 aromatic rings. The smallest absolute Gasteiger partial charge is 0.302 e. The van der Waals surface area contributed by atoms with Crippen LogP contribution in [-0.2, 0) is 18.7 Å². The minimum absolute atomic E-state index is 0.137. The van der Waals surface area contributed by atoms with Crippen molar-refractivity contribution in [2.75, 3.05) is 6.61 Å². The molecule has 1 aliphatic heterocycles. The second kappa shape index (κ2) is 12.4. The van der Waals surface area contributed by atoms with E-state index < -0.39 is 14.4 Å². The van der Waals surface area contributed by atoms with E-state index in [9.17, 15) is 4.79 Å². The van der Waals surface area contributed by atoms with Gasteiger partial charge >= 0.3 is 5.97 Å². The van der Waals surface area contributed by atoms with Crippen molar-refractivity contribution in [2.24, 2.45) is 0 Å². The lowest BCUT2D eigenvalue weighted by Gasteiger charge is -2.46. The third-order valence-electron chi connectivity index (χ3n) is 6.66. The summed E-state index contributed by atoms with van der Waals surface area (Å²) in [6.07, 6.45) is 5.63. The number of halogens is 1. The molecule has 6 heteroatoms. The van der Waals surface area contributed by atoms with Crippen LogP contribution in [0.4, 0.5) is 0 Å². The second-order valence-corrected chi connectivity index (χ2v) is 15.0. The van der Waals surface area contributed by atoms with Gasteiger partial charge in [-0.05, 0) is 34.7 Å². The first-order chi connectivity index (χ1) is 16.7. The van der Waals surface area contributed by atoms with Crippen LogP contribution in [0.1, 0.15) is 53.9 Å². The van der Waals surface area contributed by atoms with Gasteiger partial charge in [-0.25, -0.2) is 0 Å². The number of benzene rings is 2. The number of alkyl halides is 1. The Bertz CT molecular complexity index is 918. The molecule has 0 spiro atoms. The fraction of sp³-hybridized carbons (Fsp3) is 0.483. The predicted octanol–water partition coefficient (Wildman–Crippen LogP) is 5.62. The van der Waals surface area contributed by atoms with E-state index >= 15 is 0 Å². The largest absolute Gasteiger partial charge is 0.463 e. The average molecular weight is 515 g/mol. The summed E-state index contributed by atoms with van der Waals surface area (Å²) in [5.41, 5.74) is 0. The van der Waals surface area contributed by atoms with E-state index in [0.29, 0.717) is 6.42 Å². The minimum atomic E-state index is -2.76. The molecule has 190 valence electrons. The number of hydrogen-bond acceptors (Lipinski definition) is 4.